The van der Waals surface area contributed by atoms with Crippen LogP contribution in [0, 0.1) is 0 Å². The first kappa shape index (κ1) is 11.8. The van der Waals surface area contributed by atoms with Gasteiger partial charge in [-0.2, -0.15) is 0 Å². The molecular formula is C14H16N2OS. The Kier molecular flexibility index (Phi) is 3.39. The molecule has 1 saturated carbocycles. The van der Waals surface area contributed by atoms with Crippen molar-refractivity contribution in [3.63, 3.8) is 0 Å². The van der Waals surface area contributed by atoms with Gasteiger partial charge in [0.1, 0.15) is 0 Å². The van der Waals surface area contributed by atoms with Gasteiger partial charge in [-0.3, -0.25) is 4.98 Å². The fraction of sp³-hybridized carbons (Fsp3) is 0.429. The molecule has 94 valence electrons. The summed E-state index contributed by atoms with van der Waals surface area (Å²) < 4.78 is 0. The number of aliphatic hydroxyl groups is 1. The van der Waals surface area contributed by atoms with Crippen molar-refractivity contribution >= 4 is 11.3 Å². The molecule has 0 aromatic carbocycles. The quantitative estimate of drug-likeness (QED) is 0.901. The van der Waals surface area contributed by atoms with Gasteiger partial charge in [-0.05, 0) is 37.8 Å². The lowest BCUT2D eigenvalue weighted by atomic mass is 9.88. The first-order valence-corrected chi connectivity index (χ1v) is 7.26. The first-order valence-electron chi connectivity index (χ1n) is 6.38. The van der Waals surface area contributed by atoms with E-state index >= 15 is 0 Å². The van der Waals surface area contributed by atoms with Crippen LogP contribution in [0.4, 0.5) is 0 Å². The van der Waals surface area contributed by atoms with E-state index in [0.717, 1.165) is 37.1 Å². The molecule has 0 unspecified atom stereocenters. The van der Waals surface area contributed by atoms with Gasteiger partial charge < -0.3 is 5.11 Å². The largest absolute Gasteiger partial charge is 0.393 e. The third-order valence-corrected chi connectivity index (χ3v) is 4.50. The molecule has 0 radical (unpaired) electrons. The molecule has 2 heterocycles. The highest BCUT2D eigenvalue weighted by Crippen LogP contribution is 2.35. The van der Waals surface area contributed by atoms with Gasteiger partial charge in [-0.25, -0.2) is 4.98 Å². The summed E-state index contributed by atoms with van der Waals surface area (Å²) in [6.07, 6.45) is 5.61. The van der Waals surface area contributed by atoms with Gasteiger partial charge >= 0.3 is 0 Å². The van der Waals surface area contributed by atoms with Crippen LogP contribution in [0.15, 0.2) is 29.8 Å². The Morgan fingerprint density at radius 2 is 1.94 bits per heavy atom. The van der Waals surface area contributed by atoms with Crippen molar-refractivity contribution in [2.45, 2.75) is 37.7 Å². The Hall–Kier alpha value is -1.26. The number of nitrogens with zero attached hydrogens (tertiary/aromatic N) is 2. The average molecular weight is 260 g/mol. The van der Waals surface area contributed by atoms with E-state index in [2.05, 4.69) is 10.4 Å². The fourth-order valence-electron chi connectivity index (χ4n) is 2.43. The first-order chi connectivity index (χ1) is 8.83. The maximum atomic E-state index is 9.53. The summed E-state index contributed by atoms with van der Waals surface area (Å²) in [7, 11) is 0. The second-order valence-electron chi connectivity index (χ2n) is 4.79. The third-order valence-electron chi connectivity index (χ3n) is 3.50. The van der Waals surface area contributed by atoms with E-state index < -0.39 is 0 Å². The molecule has 2 aromatic heterocycles. The van der Waals surface area contributed by atoms with Crippen molar-refractivity contribution in [2.24, 2.45) is 0 Å². The standard InChI is InChI=1S/C14H16N2OS/c17-11-6-4-10(5-7-11)14-16-13(9-18-14)12-3-1-2-8-15-12/h1-3,8-11,17H,4-7H2. The van der Waals surface area contributed by atoms with E-state index in [1.807, 2.05) is 18.2 Å². The number of rotatable bonds is 2. The Labute approximate surface area is 111 Å². The molecule has 0 spiro atoms. The maximum absolute atomic E-state index is 9.53. The normalized spacial score (nSPS) is 24.1. The van der Waals surface area contributed by atoms with Crippen LogP contribution in [0.5, 0.6) is 0 Å². The van der Waals surface area contributed by atoms with Crippen LogP contribution in [-0.2, 0) is 0 Å². The highest BCUT2D eigenvalue weighted by Gasteiger charge is 2.23. The van der Waals surface area contributed by atoms with Crippen molar-refractivity contribution < 1.29 is 5.11 Å². The lowest BCUT2D eigenvalue weighted by Gasteiger charge is -2.23. The second-order valence-corrected chi connectivity index (χ2v) is 5.68. The number of pyridine rings is 1. The zero-order chi connectivity index (χ0) is 12.4. The van der Waals surface area contributed by atoms with Crippen molar-refractivity contribution in [3.05, 3.63) is 34.8 Å². The van der Waals surface area contributed by atoms with Gasteiger partial charge in [0.15, 0.2) is 0 Å². The molecule has 1 aliphatic carbocycles. The predicted octanol–water partition coefficient (Wildman–Crippen LogP) is 3.22. The zero-order valence-corrected chi connectivity index (χ0v) is 10.9. The Morgan fingerprint density at radius 1 is 1.11 bits per heavy atom. The van der Waals surface area contributed by atoms with E-state index in [-0.39, 0.29) is 6.10 Å². The Bertz CT molecular complexity index is 504. The van der Waals surface area contributed by atoms with E-state index in [0.29, 0.717) is 5.92 Å². The summed E-state index contributed by atoms with van der Waals surface area (Å²) in [6, 6.07) is 5.89. The molecule has 0 atom stereocenters. The van der Waals surface area contributed by atoms with Gasteiger partial charge in [-0.1, -0.05) is 6.07 Å². The summed E-state index contributed by atoms with van der Waals surface area (Å²) in [5.74, 6) is 0.524. The monoisotopic (exact) mass is 260 g/mol. The van der Waals surface area contributed by atoms with Crippen LogP contribution in [-0.4, -0.2) is 21.2 Å². The molecule has 1 N–H and O–H groups in total. The second kappa shape index (κ2) is 5.16. The summed E-state index contributed by atoms with van der Waals surface area (Å²) in [4.78, 5) is 9.03. The minimum atomic E-state index is -0.100. The highest BCUT2D eigenvalue weighted by molar-refractivity contribution is 7.10. The van der Waals surface area contributed by atoms with Crippen LogP contribution in [0.2, 0.25) is 0 Å². The van der Waals surface area contributed by atoms with Gasteiger partial charge in [0, 0.05) is 17.5 Å². The molecule has 1 fully saturated rings. The lowest BCUT2D eigenvalue weighted by molar-refractivity contribution is 0.122. The van der Waals surface area contributed by atoms with Crippen molar-refractivity contribution in [3.8, 4) is 11.4 Å². The van der Waals surface area contributed by atoms with E-state index in [9.17, 15) is 5.11 Å². The van der Waals surface area contributed by atoms with Crippen LogP contribution in [0.3, 0.4) is 0 Å². The molecule has 1 aliphatic rings. The predicted molar refractivity (Wildman–Crippen MR) is 72.6 cm³/mol. The number of aliphatic hydroxyl groups excluding tert-OH is 1. The molecule has 0 amide bonds. The summed E-state index contributed by atoms with van der Waals surface area (Å²) in [5.41, 5.74) is 1.91. The lowest BCUT2D eigenvalue weighted by Crippen LogP contribution is -2.16. The maximum Gasteiger partial charge on any atom is 0.0998 e. The Morgan fingerprint density at radius 3 is 2.67 bits per heavy atom. The van der Waals surface area contributed by atoms with Crippen LogP contribution in [0.1, 0.15) is 36.6 Å². The summed E-state index contributed by atoms with van der Waals surface area (Å²) >= 11 is 1.72. The van der Waals surface area contributed by atoms with Crippen LogP contribution < -0.4 is 0 Å². The molecule has 3 rings (SSSR count). The number of aromatic nitrogens is 2. The minimum Gasteiger partial charge on any atom is -0.393 e. The SMILES string of the molecule is OC1CCC(c2nc(-c3ccccn3)cs2)CC1. The highest BCUT2D eigenvalue weighted by atomic mass is 32.1. The molecular weight excluding hydrogens is 244 g/mol. The fourth-order valence-corrected chi connectivity index (χ4v) is 3.41. The van der Waals surface area contributed by atoms with E-state index in [1.54, 1.807) is 17.5 Å². The molecule has 2 aromatic rings. The molecule has 0 bridgehead atoms. The number of thiazole rings is 1. The topological polar surface area (TPSA) is 46.0 Å². The van der Waals surface area contributed by atoms with E-state index in [4.69, 9.17) is 4.98 Å². The van der Waals surface area contributed by atoms with Crippen LogP contribution >= 0.6 is 11.3 Å². The number of hydrogen-bond donors (Lipinski definition) is 1. The minimum absolute atomic E-state index is 0.100. The summed E-state index contributed by atoms with van der Waals surface area (Å²) in [5, 5.41) is 12.8. The van der Waals surface area contributed by atoms with Crippen molar-refractivity contribution in [2.75, 3.05) is 0 Å². The smallest absolute Gasteiger partial charge is 0.0998 e. The molecule has 4 heteroatoms. The molecule has 3 nitrogen and oxygen atoms in total. The van der Waals surface area contributed by atoms with Crippen LogP contribution in [0.25, 0.3) is 11.4 Å². The van der Waals surface area contributed by atoms with E-state index in [1.165, 1.54) is 5.01 Å². The van der Waals surface area contributed by atoms with Gasteiger partial charge in [0.25, 0.3) is 0 Å². The van der Waals surface area contributed by atoms with Gasteiger partial charge in [0.05, 0.1) is 22.5 Å². The third kappa shape index (κ3) is 2.44. The average Bonchev–Trinajstić information content (AvgIpc) is 2.90. The summed E-state index contributed by atoms with van der Waals surface area (Å²) in [6.45, 7) is 0. The van der Waals surface area contributed by atoms with Crippen molar-refractivity contribution in [1.29, 1.82) is 0 Å². The van der Waals surface area contributed by atoms with Gasteiger partial charge in [-0.15, -0.1) is 11.3 Å². The molecule has 0 aliphatic heterocycles. The van der Waals surface area contributed by atoms with Gasteiger partial charge in [0.2, 0.25) is 0 Å². The number of hydrogen-bond acceptors (Lipinski definition) is 4. The molecule has 0 saturated heterocycles. The molecule has 18 heavy (non-hydrogen) atoms. The van der Waals surface area contributed by atoms with Crippen molar-refractivity contribution in [1.82, 2.24) is 9.97 Å². The Balaban J connectivity index is 1.78. The zero-order valence-electron chi connectivity index (χ0n) is 10.1.